The molecule has 7 nitrogen and oxygen atoms in total. The van der Waals surface area contributed by atoms with Crippen molar-refractivity contribution >= 4 is 33.0 Å². The second-order valence-electron chi connectivity index (χ2n) is 8.24. The number of aryl methyl sites for hydroxylation is 1. The lowest BCUT2D eigenvalue weighted by Crippen LogP contribution is -2.50. The highest BCUT2D eigenvalue weighted by Crippen LogP contribution is 2.47. The molecule has 2 aliphatic rings. The topological polar surface area (TPSA) is 84.3 Å². The van der Waals surface area contributed by atoms with Gasteiger partial charge < -0.3 is 5.32 Å². The van der Waals surface area contributed by atoms with Crippen LogP contribution in [0.2, 0.25) is 5.02 Å². The largest absolute Gasteiger partial charge is 0.325 e. The molecule has 0 aliphatic carbocycles. The van der Waals surface area contributed by atoms with Crippen LogP contribution in [0.25, 0.3) is 0 Å². The molecule has 1 spiro atoms. The number of piperidine rings is 1. The van der Waals surface area contributed by atoms with E-state index in [0.717, 1.165) is 42.7 Å². The number of aromatic nitrogens is 2. The molecule has 9 heteroatoms. The van der Waals surface area contributed by atoms with Crippen molar-refractivity contribution in [2.24, 2.45) is 0 Å². The van der Waals surface area contributed by atoms with Gasteiger partial charge in [-0.3, -0.25) is 14.4 Å². The molecule has 2 aromatic rings. The summed E-state index contributed by atoms with van der Waals surface area (Å²) in [4.78, 5) is 15.2. The Kier molecular flexibility index (Phi) is 5.21. The van der Waals surface area contributed by atoms with Gasteiger partial charge in [0, 0.05) is 47.9 Å². The molecule has 156 valence electrons. The average molecular weight is 437 g/mol. The van der Waals surface area contributed by atoms with Crippen LogP contribution in [0.4, 0.5) is 5.69 Å². The molecule has 0 bridgehead atoms. The summed E-state index contributed by atoms with van der Waals surface area (Å²) in [6.07, 6.45) is 6.39. The molecule has 1 aromatic heterocycles. The van der Waals surface area contributed by atoms with Gasteiger partial charge >= 0.3 is 0 Å². The third-order valence-corrected chi connectivity index (χ3v) is 7.20. The van der Waals surface area contributed by atoms with Gasteiger partial charge in [0.2, 0.25) is 5.91 Å². The fourth-order valence-corrected chi connectivity index (χ4v) is 5.16. The number of nitrogens with one attached hydrogen (secondary N) is 1. The zero-order chi connectivity index (χ0) is 20.8. The molecule has 4 rings (SSSR count). The molecule has 2 atom stereocenters. The maximum atomic E-state index is 12.9. The second-order valence-corrected chi connectivity index (χ2v) is 10.9. The molecule has 1 aromatic carbocycles. The van der Waals surface area contributed by atoms with Gasteiger partial charge in [-0.05, 0) is 43.5 Å². The van der Waals surface area contributed by atoms with Crippen LogP contribution in [0.1, 0.15) is 30.9 Å². The van der Waals surface area contributed by atoms with Gasteiger partial charge in [-0.2, -0.15) is 5.10 Å². The van der Waals surface area contributed by atoms with Gasteiger partial charge in [0.15, 0.2) is 0 Å². The number of amides is 1. The van der Waals surface area contributed by atoms with E-state index < -0.39 is 15.3 Å². The molecule has 0 unspecified atom stereocenters. The first-order valence-corrected chi connectivity index (χ1v) is 12.1. The van der Waals surface area contributed by atoms with E-state index in [9.17, 15) is 13.2 Å². The van der Waals surface area contributed by atoms with Crippen LogP contribution >= 0.6 is 11.6 Å². The van der Waals surface area contributed by atoms with Gasteiger partial charge in [0.05, 0.1) is 23.9 Å². The Bertz CT molecular complexity index is 1050. The van der Waals surface area contributed by atoms with Crippen molar-refractivity contribution in [3.63, 3.8) is 0 Å². The summed E-state index contributed by atoms with van der Waals surface area (Å²) in [6, 6.07) is 5.81. The number of benzene rings is 1. The zero-order valence-electron chi connectivity index (χ0n) is 16.6. The highest BCUT2D eigenvalue weighted by molar-refractivity contribution is 7.90. The van der Waals surface area contributed by atoms with Gasteiger partial charge in [0.25, 0.3) is 0 Å². The summed E-state index contributed by atoms with van der Waals surface area (Å²) < 4.78 is 24.4. The van der Waals surface area contributed by atoms with Gasteiger partial charge in [-0.15, -0.1) is 0 Å². The molecule has 0 radical (unpaired) electrons. The Balaban J connectivity index is 1.45. The van der Waals surface area contributed by atoms with E-state index in [1.54, 1.807) is 16.9 Å². The minimum absolute atomic E-state index is 0.0647. The average Bonchev–Trinajstić information content (AvgIpc) is 3.19. The molecule has 0 saturated carbocycles. The SMILES string of the molecule is C[C@H]1C[C@@]2(CCN1Cc1cnn(CCS(C)(=O)=O)c1)C(=O)Nc1ccc(Cl)cc12. The molecule has 1 fully saturated rings. The number of rotatable bonds is 5. The third kappa shape index (κ3) is 4.06. The van der Waals surface area contributed by atoms with E-state index in [4.69, 9.17) is 11.6 Å². The zero-order valence-corrected chi connectivity index (χ0v) is 18.1. The summed E-state index contributed by atoms with van der Waals surface area (Å²) in [5.41, 5.74) is 2.40. The number of carbonyl (C=O) groups excluding carboxylic acids is 1. The van der Waals surface area contributed by atoms with Crippen molar-refractivity contribution in [2.75, 3.05) is 23.9 Å². The van der Waals surface area contributed by atoms with Crippen LogP contribution in [0.5, 0.6) is 0 Å². The lowest BCUT2D eigenvalue weighted by molar-refractivity contribution is -0.123. The number of hydrogen-bond donors (Lipinski definition) is 1. The molecule has 1 saturated heterocycles. The lowest BCUT2D eigenvalue weighted by Gasteiger charge is -2.42. The minimum Gasteiger partial charge on any atom is -0.325 e. The first-order valence-electron chi connectivity index (χ1n) is 9.71. The number of halogens is 1. The number of likely N-dealkylation sites (tertiary alicyclic amines) is 1. The third-order valence-electron chi connectivity index (χ3n) is 6.04. The summed E-state index contributed by atoms with van der Waals surface area (Å²) in [5, 5.41) is 7.95. The Morgan fingerprint density at radius 2 is 2.17 bits per heavy atom. The maximum absolute atomic E-state index is 12.9. The van der Waals surface area contributed by atoms with Crippen molar-refractivity contribution < 1.29 is 13.2 Å². The van der Waals surface area contributed by atoms with E-state index in [0.29, 0.717) is 11.6 Å². The van der Waals surface area contributed by atoms with Crippen molar-refractivity contribution in [1.82, 2.24) is 14.7 Å². The normalized spacial score (nSPS) is 24.7. The van der Waals surface area contributed by atoms with E-state index in [-0.39, 0.29) is 17.7 Å². The summed E-state index contributed by atoms with van der Waals surface area (Å²) in [6.45, 7) is 4.01. The number of hydrogen-bond acceptors (Lipinski definition) is 5. The number of carbonyl (C=O) groups is 1. The monoisotopic (exact) mass is 436 g/mol. The first-order chi connectivity index (χ1) is 13.7. The smallest absolute Gasteiger partial charge is 0.235 e. The van der Waals surface area contributed by atoms with E-state index in [2.05, 4.69) is 22.2 Å². The minimum atomic E-state index is -3.01. The lowest BCUT2D eigenvalue weighted by atomic mass is 9.71. The van der Waals surface area contributed by atoms with Gasteiger partial charge in [-0.25, -0.2) is 8.42 Å². The summed E-state index contributed by atoms with van der Waals surface area (Å²) in [7, 11) is -3.01. The van der Waals surface area contributed by atoms with E-state index in [1.807, 2.05) is 18.3 Å². The first kappa shape index (κ1) is 20.4. The predicted molar refractivity (Wildman–Crippen MR) is 113 cm³/mol. The van der Waals surface area contributed by atoms with Crippen LogP contribution in [0.15, 0.2) is 30.6 Å². The second kappa shape index (κ2) is 7.41. The maximum Gasteiger partial charge on any atom is 0.235 e. The molecule has 29 heavy (non-hydrogen) atoms. The van der Waals surface area contributed by atoms with Crippen LogP contribution < -0.4 is 5.32 Å². The number of anilines is 1. The number of nitrogens with zero attached hydrogens (tertiary/aromatic N) is 3. The molecule has 1 N–H and O–H groups in total. The summed E-state index contributed by atoms with van der Waals surface area (Å²) >= 11 is 6.21. The highest BCUT2D eigenvalue weighted by atomic mass is 35.5. The van der Waals surface area contributed by atoms with Crippen LogP contribution in [-0.2, 0) is 33.1 Å². The van der Waals surface area contributed by atoms with Crippen LogP contribution in [0.3, 0.4) is 0 Å². The fraction of sp³-hybridized carbons (Fsp3) is 0.500. The number of fused-ring (bicyclic) bond motifs is 2. The molecule has 2 aliphatic heterocycles. The number of sulfone groups is 1. The molecule has 3 heterocycles. The van der Waals surface area contributed by atoms with Gasteiger partial charge in [0.1, 0.15) is 9.84 Å². The molecular weight excluding hydrogens is 412 g/mol. The van der Waals surface area contributed by atoms with Crippen molar-refractivity contribution in [1.29, 1.82) is 0 Å². The predicted octanol–water partition coefficient (Wildman–Crippen LogP) is 2.46. The summed E-state index contributed by atoms with van der Waals surface area (Å²) in [5.74, 6) is 0.142. The van der Waals surface area contributed by atoms with Crippen molar-refractivity contribution in [2.45, 2.75) is 44.3 Å². The van der Waals surface area contributed by atoms with Crippen LogP contribution in [-0.4, -0.2) is 53.6 Å². The molecular formula is C20H25ClN4O3S. The van der Waals surface area contributed by atoms with Gasteiger partial charge in [-0.1, -0.05) is 11.6 Å². The Morgan fingerprint density at radius 1 is 1.38 bits per heavy atom. The molecule has 1 amide bonds. The Labute approximate surface area is 175 Å². The Morgan fingerprint density at radius 3 is 2.90 bits per heavy atom. The van der Waals surface area contributed by atoms with Crippen molar-refractivity contribution in [3.8, 4) is 0 Å². The van der Waals surface area contributed by atoms with Crippen molar-refractivity contribution in [3.05, 3.63) is 46.7 Å². The van der Waals surface area contributed by atoms with E-state index >= 15 is 0 Å². The van der Waals surface area contributed by atoms with Crippen LogP contribution in [0, 0.1) is 0 Å². The van der Waals surface area contributed by atoms with E-state index in [1.165, 1.54) is 6.26 Å². The quantitative estimate of drug-likeness (QED) is 0.778. The standard InChI is InChI=1S/C20H25ClN4O3S/c1-14-10-20(17-9-16(21)3-4-18(17)23-19(20)26)5-6-24(14)12-15-11-22-25(13-15)7-8-29(2,27)28/h3-4,9,11,13-14H,5-8,10,12H2,1-2H3,(H,23,26)/t14-,20+/m0/s1. The fourth-order valence-electron chi connectivity index (χ4n) is 4.47. The highest BCUT2D eigenvalue weighted by Gasteiger charge is 2.50. The Hall–Kier alpha value is -1.90.